The van der Waals surface area contributed by atoms with Gasteiger partial charge in [0.25, 0.3) is 0 Å². The first-order valence-electron chi connectivity index (χ1n) is 6.05. The summed E-state index contributed by atoms with van der Waals surface area (Å²) >= 11 is 0. The molecule has 14 heavy (non-hydrogen) atoms. The van der Waals surface area contributed by atoms with E-state index in [2.05, 4.69) is 26.0 Å². The molecule has 82 valence electrons. The second kappa shape index (κ2) is 6.23. The number of aliphatic hydroxyl groups is 1. The summed E-state index contributed by atoms with van der Waals surface area (Å²) in [5, 5.41) is 9.94. The number of allylic oxidation sites excluding steroid dienone is 1. The Morgan fingerprint density at radius 3 is 2.43 bits per heavy atom. The minimum atomic E-state index is -0.0923. The molecule has 0 spiro atoms. The number of hydrogen-bond donors (Lipinski definition) is 1. The van der Waals surface area contributed by atoms with Crippen LogP contribution in [-0.2, 0) is 0 Å². The molecule has 1 aliphatic rings. The average molecular weight is 196 g/mol. The van der Waals surface area contributed by atoms with Crippen molar-refractivity contribution in [2.45, 2.75) is 58.5 Å². The lowest BCUT2D eigenvalue weighted by Gasteiger charge is -2.25. The van der Waals surface area contributed by atoms with Gasteiger partial charge >= 0.3 is 0 Å². The number of hydrogen-bond acceptors (Lipinski definition) is 1. The lowest BCUT2D eigenvalue weighted by atomic mass is 9.84. The molecule has 1 saturated carbocycles. The van der Waals surface area contributed by atoms with E-state index in [-0.39, 0.29) is 6.10 Å². The maximum Gasteiger partial charge on any atom is 0.0602 e. The Labute approximate surface area is 88.2 Å². The zero-order chi connectivity index (χ0) is 10.4. The monoisotopic (exact) mass is 196 g/mol. The topological polar surface area (TPSA) is 20.2 Å². The van der Waals surface area contributed by atoms with Gasteiger partial charge in [0.15, 0.2) is 0 Å². The number of aliphatic hydroxyl groups excluding tert-OH is 1. The predicted octanol–water partition coefficient (Wildman–Crippen LogP) is 3.53. The molecule has 1 heteroatoms. The molecule has 1 unspecified atom stereocenters. The van der Waals surface area contributed by atoms with Gasteiger partial charge in [-0.25, -0.2) is 0 Å². The van der Waals surface area contributed by atoms with E-state index >= 15 is 0 Å². The third-order valence-electron chi connectivity index (χ3n) is 3.09. The Hall–Kier alpha value is -0.300. The molecule has 1 atom stereocenters. The minimum absolute atomic E-state index is 0.0923. The first kappa shape index (κ1) is 11.8. The van der Waals surface area contributed by atoms with Crippen LogP contribution in [0.2, 0.25) is 0 Å². The van der Waals surface area contributed by atoms with E-state index in [9.17, 15) is 5.11 Å². The van der Waals surface area contributed by atoms with Crippen LogP contribution in [0.3, 0.4) is 0 Å². The van der Waals surface area contributed by atoms with Gasteiger partial charge < -0.3 is 5.11 Å². The molecular formula is C13H24O. The molecule has 0 amide bonds. The summed E-state index contributed by atoms with van der Waals surface area (Å²) in [6.45, 7) is 4.34. The van der Waals surface area contributed by atoms with Crippen molar-refractivity contribution in [3.63, 3.8) is 0 Å². The Kier molecular flexibility index (Phi) is 5.24. The molecule has 0 radical (unpaired) electrons. The highest BCUT2D eigenvalue weighted by Gasteiger charge is 2.20. The van der Waals surface area contributed by atoms with Crippen LogP contribution in [0.25, 0.3) is 0 Å². The van der Waals surface area contributed by atoms with Gasteiger partial charge in [-0.2, -0.15) is 0 Å². The van der Waals surface area contributed by atoms with E-state index in [0.29, 0.717) is 11.8 Å². The summed E-state index contributed by atoms with van der Waals surface area (Å²) in [4.78, 5) is 0. The maximum atomic E-state index is 9.94. The molecule has 1 N–H and O–H groups in total. The Morgan fingerprint density at radius 2 is 1.86 bits per heavy atom. The molecule has 1 rings (SSSR count). The normalized spacial score (nSPS) is 22.0. The molecule has 0 saturated heterocycles. The second-order valence-corrected chi connectivity index (χ2v) is 4.87. The van der Waals surface area contributed by atoms with Gasteiger partial charge in [0, 0.05) is 0 Å². The fourth-order valence-electron chi connectivity index (χ4n) is 2.20. The highest BCUT2D eigenvalue weighted by atomic mass is 16.3. The Bertz CT molecular complexity index is 166. The molecule has 0 aromatic heterocycles. The van der Waals surface area contributed by atoms with Crippen LogP contribution in [0.5, 0.6) is 0 Å². The van der Waals surface area contributed by atoms with Crippen LogP contribution in [0, 0.1) is 11.8 Å². The van der Waals surface area contributed by atoms with Crippen molar-refractivity contribution in [3.8, 4) is 0 Å². The molecule has 0 aromatic rings. The lowest BCUT2D eigenvalue weighted by molar-refractivity contribution is 0.0873. The molecular weight excluding hydrogens is 172 g/mol. The van der Waals surface area contributed by atoms with Gasteiger partial charge in [-0.05, 0) is 31.1 Å². The van der Waals surface area contributed by atoms with Gasteiger partial charge in [-0.1, -0.05) is 45.3 Å². The van der Waals surface area contributed by atoms with Crippen LogP contribution in [0.1, 0.15) is 52.4 Å². The quantitative estimate of drug-likeness (QED) is 0.682. The number of rotatable bonds is 4. The summed E-state index contributed by atoms with van der Waals surface area (Å²) < 4.78 is 0. The van der Waals surface area contributed by atoms with Crippen molar-refractivity contribution in [2.75, 3.05) is 0 Å². The van der Waals surface area contributed by atoms with Crippen molar-refractivity contribution in [3.05, 3.63) is 12.2 Å². The minimum Gasteiger partial charge on any atom is -0.393 e. The third kappa shape index (κ3) is 4.28. The lowest BCUT2D eigenvalue weighted by Crippen LogP contribution is -2.22. The van der Waals surface area contributed by atoms with E-state index in [1.165, 1.54) is 32.1 Å². The summed E-state index contributed by atoms with van der Waals surface area (Å²) in [5.41, 5.74) is 0. The zero-order valence-electron chi connectivity index (χ0n) is 9.58. The van der Waals surface area contributed by atoms with Gasteiger partial charge in [-0.3, -0.25) is 0 Å². The fraction of sp³-hybridized carbons (Fsp3) is 0.846. The fourth-order valence-corrected chi connectivity index (χ4v) is 2.20. The van der Waals surface area contributed by atoms with E-state index < -0.39 is 0 Å². The Balaban J connectivity index is 2.22. The van der Waals surface area contributed by atoms with E-state index in [0.717, 1.165) is 6.42 Å². The van der Waals surface area contributed by atoms with Gasteiger partial charge in [0.2, 0.25) is 0 Å². The smallest absolute Gasteiger partial charge is 0.0602 e. The maximum absolute atomic E-state index is 9.94. The van der Waals surface area contributed by atoms with Crippen molar-refractivity contribution in [1.82, 2.24) is 0 Å². The summed E-state index contributed by atoms with van der Waals surface area (Å²) in [7, 11) is 0. The van der Waals surface area contributed by atoms with Crippen molar-refractivity contribution >= 4 is 0 Å². The molecule has 0 bridgehead atoms. The highest BCUT2D eigenvalue weighted by Crippen LogP contribution is 2.27. The Morgan fingerprint density at radius 1 is 1.21 bits per heavy atom. The van der Waals surface area contributed by atoms with Gasteiger partial charge in [0.1, 0.15) is 0 Å². The average Bonchev–Trinajstić information content (AvgIpc) is 2.18. The van der Waals surface area contributed by atoms with Crippen molar-refractivity contribution in [2.24, 2.45) is 11.8 Å². The third-order valence-corrected chi connectivity index (χ3v) is 3.09. The first-order valence-corrected chi connectivity index (χ1v) is 6.05. The molecule has 1 nitrogen and oxygen atoms in total. The van der Waals surface area contributed by atoms with Crippen LogP contribution in [-0.4, -0.2) is 11.2 Å². The van der Waals surface area contributed by atoms with Crippen LogP contribution < -0.4 is 0 Å². The second-order valence-electron chi connectivity index (χ2n) is 4.87. The van der Waals surface area contributed by atoms with E-state index in [1.54, 1.807) is 0 Å². The van der Waals surface area contributed by atoms with Crippen molar-refractivity contribution in [1.29, 1.82) is 0 Å². The standard InChI is InChI=1S/C13H24O/c1-11(2)7-6-10-13(14)12-8-4-3-5-9-12/h6-7,11-14H,3-5,8-10H2,1-2H3/b7-6+. The molecule has 1 aliphatic carbocycles. The van der Waals surface area contributed by atoms with Crippen LogP contribution >= 0.6 is 0 Å². The first-order chi connectivity index (χ1) is 6.70. The van der Waals surface area contributed by atoms with Crippen LogP contribution in [0.4, 0.5) is 0 Å². The van der Waals surface area contributed by atoms with E-state index in [1.807, 2.05) is 0 Å². The molecule has 1 fully saturated rings. The SMILES string of the molecule is CC(C)/C=C/CC(O)C1CCCCC1. The predicted molar refractivity (Wildman–Crippen MR) is 61.2 cm³/mol. The molecule has 0 heterocycles. The van der Waals surface area contributed by atoms with Crippen LogP contribution in [0.15, 0.2) is 12.2 Å². The summed E-state index contributed by atoms with van der Waals surface area (Å²) in [6, 6.07) is 0. The largest absolute Gasteiger partial charge is 0.393 e. The van der Waals surface area contributed by atoms with Gasteiger partial charge in [0.05, 0.1) is 6.10 Å². The zero-order valence-corrected chi connectivity index (χ0v) is 9.58. The summed E-state index contributed by atoms with van der Waals surface area (Å²) in [6.07, 6.45) is 11.5. The molecule has 0 aliphatic heterocycles. The molecule has 0 aromatic carbocycles. The van der Waals surface area contributed by atoms with Gasteiger partial charge in [-0.15, -0.1) is 0 Å². The summed E-state index contributed by atoms with van der Waals surface area (Å²) in [5.74, 6) is 1.18. The highest BCUT2D eigenvalue weighted by molar-refractivity contribution is 4.88. The van der Waals surface area contributed by atoms with Crippen molar-refractivity contribution < 1.29 is 5.11 Å². The van der Waals surface area contributed by atoms with E-state index in [4.69, 9.17) is 0 Å².